The molecular weight excluding hydrogens is 252 g/mol. The van der Waals surface area contributed by atoms with Gasteiger partial charge in [0.25, 0.3) is 0 Å². The molecule has 3 amide bonds. The molecule has 1 aliphatic heterocycles. The van der Waals surface area contributed by atoms with Gasteiger partial charge in [0.15, 0.2) is 0 Å². The zero-order valence-corrected chi connectivity index (χ0v) is 13.3. The Morgan fingerprint density at radius 1 is 0.900 bits per heavy atom. The molecule has 2 aliphatic rings. The summed E-state index contributed by atoms with van der Waals surface area (Å²) in [6, 6.07) is 0.138. The van der Waals surface area contributed by atoms with Gasteiger partial charge in [0.1, 0.15) is 0 Å². The zero-order valence-electron chi connectivity index (χ0n) is 13.3. The van der Waals surface area contributed by atoms with Crippen molar-refractivity contribution in [1.29, 1.82) is 0 Å². The number of fused-ring (bicyclic) bond motifs is 1. The Hall–Kier alpha value is -1.06. The normalized spacial score (nSPS) is 28.7. The van der Waals surface area contributed by atoms with Crippen molar-refractivity contribution in [2.24, 2.45) is 5.92 Å². The highest BCUT2D eigenvalue weighted by molar-refractivity contribution is 5.99. The van der Waals surface area contributed by atoms with Gasteiger partial charge < -0.3 is 4.90 Å². The number of carbonyl (C=O) groups is 2. The quantitative estimate of drug-likeness (QED) is 0.777. The summed E-state index contributed by atoms with van der Waals surface area (Å²) in [7, 11) is 0. The lowest BCUT2D eigenvalue weighted by molar-refractivity contribution is -0.142. The van der Waals surface area contributed by atoms with Gasteiger partial charge in [0, 0.05) is 18.1 Å². The predicted octanol–water partition coefficient (Wildman–Crippen LogP) is 3.41. The summed E-state index contributed by atoms with van der Waals surface area (Å²) in [5.41, 5.74) is 0. The minimum Gasteiger partial charge on any atom is -0.318 e. The first kappa shape index (κ1) is 15.3. The average Bonchev–Trinajstić information content (AvgIpc) is 2.30. The standard InChI is InChI=1S/C16H28N2O2/c1-11(2)17-14-10-8-6-5-7-9-13(14)15(19)18(12(3)4)16(17)20/h11-14H,5-10H2,1-4H3. The third-order valence-corrected chi connectivity index (χ3v) is 4.64. The van der Waals surface area contributed by atoms with Crippen LogP contribution in [0.3, 0.4) is 0 Å². The summed E-state index contributed by atoms with van der Waals surface area (Å²) in [6.45, 7) is 7.97. The average molecular weight is 280 g/mol. The van der Waals surface area contributed by atoms with Crippen molar-refractivity contribution in [3.8, 4) is 0 Å². The van der Waals surface area contributed by atoms with Crippen molar-refractivity contribution in [2.45, 2.75) is 84.3 Å². The summed E-state index contributed by atoms with van der Waals surface area (Å²) in [5, 5.41) is 0. The Labute approximate surface area is 122 Å². The van der Waals surface area contributed by atoms with Crippen LogP contribution in [0.4, 0.5) is 4.79 Å². The lowest BCUT2D eigenvalue weighted by atomic mass is 9.82. The van der Waals surface area contributed by atoms with Gasteiger partial charge in [0.05, 0.1) is 5.92 Å². The molecule has 4 heteroatoms. The van der Waals surface area contributed by atoms with Crippen molar-refractivity contribution in [3.63, 3.8) is 0 Å². The summed E-state index contributed by atoms with van der Waals surface area (Å²) in [5.74, 6) is 0.0756. The fraction of sp³-hybridized carbons (Fsp3) is 0.875. The number of urea groups is 1. The number of nitrogens with zero attached hydrogens (tertiary/aromatic N) is 2. The number of hydrogen-bond donors (Lipinski definition) is 0. The molecule has 2 atom stereocenters. The van der Waals surface area contributed by atoms with E-state index in [2.05, 4.69) is 13.8 Å². The molecule has 114 valence electrons. The predicted molar refractivity (Wildman–Crippen MR) is 79.3 cm³/mol. The second-order valence-corrected chi connectivity index (χ2v) is 6.75. The molecule has 2 fully saturated rings. The molecule has 0 spiro atoms. The van der Waals surface area contributed by atoms with Gasteiger partial charge >= 0.3 is 6.03 Å². The number of hydrogen-bond acceptors (Lipinski definition) is 2. The highest BCUT2D eigenvalue weighted by Gasteiger charge is 2.47. The van der Waals surface area contributed by atoms with Crippen LogP contribution < -0.4 is 0 Å². The van der Waals surface area contributed by atoms with Crippen LogP contribution in [-0.4, -0.2) is 39.9 Å². The molecule has 1 saturated heterocycles. The first-order chi connectivity index (χ1) is 9.45. The van der Waals surface area contributed by atoms with E-state index in [1.54, 1.807) is 0 Å². The third kappa shape index (κ3) is 2.70. The summed E-state index contributed by atoms with van der Waals surface area (Å²) in [4.78, 5) is 28.9. The molecule has 1 heterocycles. The molecule has 1 aliphatic carbocycles. The topological polar surface area (TPSA) is 40.6 Å². The van der Waals surface area contributed by atoms with Crippen molar-refractivity contribution >= 4 is 11.9 Å². The molecule has 2 rings (SSSR count). The molecule has 0 N–H and O–H groups in total. The molecule has 0 bridgehead atoms. The Bertz CT molecular complexity index is 379. The highest BCUT2D eigenvalue weighted by atomic mass is 16.2. The minimum atomic E-state index is -0.0816. The SMILES string of the molecule is CC(C)N1C(=O)C2CCCCCCC2N(C(C)C)C1=O. The number of rotatable bonds is 2. The van der Waals surface area contributed by atoms with Crippen molar-refractivity contribution in [2.75, 3.05) is 0 Å². The Kier molecular flexibility index (Phi) is 4.71. The summed E-state index contributed by atoms with van der Waals surface area (Å²) in [6.07, 6.45) is 6.60. The van der Waals surface area contributed by atoms with Crippen molar-refractivity contribution in [3.05, 3.63) is 0 Å². The molecule has 20 heavy (non-hydrogen) atoms. The van der Waals surface area contributed by atoms with Crippen molar-refractivity contribution in [1.82, 2.24) is 9.80 Å². The van der Waals surface area contributed by atoms with Gasteiger partial charge in [-0.3, -0.25) is 9.69 Å². The van der Waals surface area contributed by atoms with E-state index in [0.717, 1.165) is 25.7 Å². The van der Waals surface area contributed by atoms with Crippen LogP contribution in [0.2, 0.25) is 0 Å². The molecule has 1 saturated carbocycles. The smallest absolute Gasteiger partial charge is 0.318 e. The van der Waals surface area contributed by atoms with Gasteiger partial charge in [-0.2, -0.15) is 0 Å². The number of carbonyl (C=O) groups excluding carboxylic acids is 2. The monoisotopic (exact) mass is 280 g/mol. The zero-order chi connectivity index (χ0) is 14.9. The van der Waals surface area contributed by atoms with Crippen LogP contribution in [0.15, 0.2) is 0 Å². The maximum atomic E-state index is 12.7. The third-order valence-electron chi connectivity index (χ3n) is 4.64. The fourth-order valence-corrected chi connectivity index (χ4v) is 3.70. The Morgan fingerprint density at radius 2 is 1.50 bits per heavy atom. The molecule has 2 unspecified atom stereocenters. The van der Waals surface area contributed by atoms with Crippen LogP contribution in [-0.2, 0) is 4.79 Å². The lowest BCUT2D eigenvalue weighted by Crippen LogP contribution is -2.65. The van der Waals surface area contributed by atoms with Gasteiger partial charge in [0.2, 0.25) is 5.91 Å². The first-order valence-corrected chi connectivity index (χ1v) is 8.10. The maximum absolute atomic E-state index is 12.7. The van der Waals surface area contributed by atoms with Crippen LogP contribution >= 0.6 is 0 Å². The van der Waals surface area contributed by atoms with Crippen LogP contribution in [0.1, 0.15) is 66.2 Å². The van der Waals surface area contributed by atoms with Gasteiger partial charge in [-0.05, 0) is 40.5 Å². The van der Waals surface area contributed by atoms with E-state index in [4.69, 9.17) is 0 Å². The molecular formula is C16H28N2O2. The molecule has 0 aromatic rings. The Morgan fingerprint density at radius 3 is 2.05 bits per heavy atom. The maximum Gasteiger partial charge on any atom is 0.327 e. The molecule has 0 aromatic heterocycles. The van der Waals surface area contributed by atoms with E-state index in [0.29, 0.717) is 0 Å². The largest absolute Gasteiger partial charge is 0.327 e. The lowest BCUT2D eigenvalue weighted by Gasteiger charge is -2.48. The van der Waals surface area contributed by atoms with Crippen LogP contribution in [0.25, 0.3) is 0 Å². The first-order valence-electron chi connectivity index (χ1n) is 8.10. The van der Waals surface area contributed by atoms with E-state index < -0.39 is 0 Å². The van der Waals surface area contributed by atoms with Crippen molar-refractivity contribution < 1.29 is 9.59 Å². The van der Waals surface area contributed by atoms with E-state index in [1.807, 2.05) is 18.7 Å². The fourth-order valence-electron chi connectivity index (χ4n) is 3.70. The van der Waals surface area contributed by atoms with Gasteiger partial charge in [-0.25, -0.2) is 4.79 Å². The molecule has 4 nitrogen and oxygen atoms in total. The number of amides is 3. The van der Waals surface area contributed by atoms with E-state index in [1.165, 1.54) is 17.7 Å². The van der Waals surface area contributed by atoms with Gasteiger partial charge in [-0.1, -0.05) is 25.7 Å². The second-order valence-electron chi connectivity index (χ2n) is 6.75. The van der Waals surface area contributed by atoms with E-state index in [-0.39, 0.29) is 36.0 Å². The highest BCUT2D eigenvalue weighted by Crippen LogP contribution is 2.34. The van der Waals surface area contributed by atoms with E-state index in [9.17, 15) is 9.59 Å². The number of imide groups is 1. The van der Waals surface area contributed by atoms with Crippen LogP contribution in [0.5, 0.6) is 0 Å². The Balaban J connectivity index is 2.34. The second kappa shape index (κ2) is 6.15. The summed E-state index contributed by atoms with van der Waals surface area (Å²) >= 11 is 0. The van der Waals surface area contributed by atoms with Gasteiger partial charge in [-0.15, -0.1) is 0 Å². The summed E-state index contributed by atoms with van der Waals surface area (Å²) < 4.78 is 0. The van der Waals surface area contributed by atoms with Crippen LogP contribution in [0, 0.1) is 5.92 Å². The molecule has 0 radical (unpaired) electrons. The molecule has 0 aromatic carbocycles. The minimum absolute atomic E-state index is 0.0119. The van der Waals surface area contributed by atoms with E-state index >= 15 is 0 Å².